The molecule has 2 rings (SSSR count). The van der Waals surface area contributed by atoms with E-state index in [0.717, 1.165) is 37.8 Å². The molecule has 0 radical (unpaired) electrons. The number of allylic oxidation sites excluding steroid dienone is 1. The van der Waals surface area contributed by atoms with Gasteiger partial charge in [-0.2, -0.15) is 0 Å². The average Bonchev–Trinajstić information content (AvgIpc) is 2.64. The largest absolute Gasteiger partial charge is 0.445 e. The molecule has 0 aromatic heterocycles. The van der Waals surface area contributed by atoms with Crippen LogP contribution in [0.15, 0.2) is 43.0 Å². The van der Waals surface area contributed by atoms with Crippen LogP contribution in [0.1, 0.15) is 52.0 Å². The number of amides is 1. The Kier molecular flexibility index (Phi) is 7.90. The van der Waals surface area contributed by atoms with Gasteiger partial charge in [-0.25, -0.2) is 4.79 Å². The monoisotopic (exact) mass is 403 g/mol. The molecule has 1 amide bonds. The molecular weight excluding hydrogens is 366 g/mol. The van der Waals surface area contributed by atoms with Crippen molar-refractivity contribution in [2.75, 3.05) is 6.54 Å². The molecule has 156 valence electrons. The summed E-state index contributed by atoms with van der Waals surface area (Å²) >= 11 is 0. The summed E-state index contributed by atoms with van der Waals surface area (Å²) in [5.74, 6) is 0. The summed E-state index contributed by atoms with van der Waals surface area (Å²) < 4.78 is 12.4. The van der Waals surface area contributed by atoms with Crippen LogP contribution in [-0.2, 0) is 15.8 Å². The second-order valence-electron chi connectivity index (χ2n) is 9.23. The van der Waals surface area contributed by atoms with Gasteiger partial charge >= 0.3 is 6.09 Å². The normalized spacial score (nSPS) is 20.7. The number of ether oxygens (including phenoxy) is 1. The standard InChI is InChI=1S/C23H37NO3Si/c1-7-8-15-20-21(27-28(5,6)23(2,3)4)16-12-17-24(20)22(25)26-18-19-13-10-9-11-14-19/h7,9-11,13-14,20-21H,1,8,12,15-18H2,2-6H3/t20-,21-/m1/s1. The zero-order valence-corrected chi connectivity index (χ0v) is 19.2. The molecule has 0 spiro atoms. The van der Waals surface area contributed by atoms with E-state index in [0.29, 0.717) is 6.61 Å². The van der Waals surface area contributed by atoms with E-state index >= 15 is 0 Å². The Morgan fingerprint density at radius 2 is 1.96 bits per heavy atom. The van der Waals surface area contributed by atoms with E-state index in [1.54, 1.807) is 0 Å². The summed E-state index contributed by atoms with van der Waals surface area (Å²) in [5.41, 5.74) is 1.00. The van der Waals surface area contributed by atoms with Gasteiger partial charge in [-0.3, -0.25) is 0 Å². The van der Waals surface area contributed by atoms with E-state index in [1.165, 1.54) is 0 Å². The van der Waals surface area contributed by atoms with E-state index in [-0.39, 0.29) is 23.3 Å². The Balaban J connectivity index is 2.10. The Morgan fingerprint density at radius 3 is 2.57 bits per heavy atom. The Hall–Kier alpha value is -1.59. The number of hydrogen-bond acceptors (Lipinski definition) is 3. The molecule has 1 aromatic carbocycles. The van der Waals surface area contributed by atoms with E-state index in [1.807, 2.05) is 41.3 Å². The Bertz CT molecular complexity index is 639. The highest BCUT2D eigenvalue weighted by Crippen LogP contribution is 2.39. The van der Waals surface area contributed by atoms with Gasteiger partial charge in [0.2, 0.25) is 0 Å². The lowest BCUT2D eigenvalue weighted by Gasteiger charge is -2.46. The molecule has 1 fully saturated rings. The zero-order chi connectivity index (χ0) is 20.8. The molecule has 1 aliphatic heterocycles. The third kappa shape index (κ3) is 5.95. The van der Waals surface area contributed by atoms with Crippen LogP contribution in [0.5, 0.6) is 0 Å². The molecule has 0 N–H and O–H groups in total. The lowest BCUT2D eigenvalue weighted by molar-refractivity contribution is 0.00635. The number of benzene rings is 1. The van der Waals surface area contributed by atoms with Crippen LogP contribution in [0.25, 0.3) is 0 Å². The summed E-state index contributed by atoms with van der Waals surface area (Å²) in [4.78, 5) is 14.8. The maximum absolute atomic E-state index is 12.9. The fraction of sp³-hybridized carbons (Fsp3) is 0.609. The third-order valence-electron chi connectivity index (χ3n) is 6.08. The second-order valence-corrected chi connectivity index (χ2v) is 14.0. The number of nitrogens with zero attached hydrogens (tertiary/aromatic N) is 1. The number of piperidine rings is 1. The molecule has 28 heavy (non-hydrogen) atoms. The van der Waals surface area contributed by atoms with Crippen molar-refractivity contribution in [1.29, 1.82) is 0 Å². The molecule has 1 heterocycles. The predicted octanol–water partition coefficient (Wildman–Crippen LogP) is 6.14. The summed E-state index contributed by atoms with van der Waals surface area (Å²) in [5, 5.41) is 0.145. The molecule has 5 heteroatoms. The topological polar surface area (TPSA) is 38.8 Å². The van der Waals surface area contributed by atoms with Crippen LogP contribution < -0.4 is 0 Å². The molecule has 0 aliphatic carbocycles. The van der Waals surface area contributed by atoms with Gasteiger partial charge in [0.25, 0.3) is 0 Å². The maximum atomic E-state index is 12.9. The first kappa shape index (κ1) is 22.7. The van der Waals surface area contributed by atoms with Crippen molar-refractivity contribution in [1.82, 2.24) is 4.90 Å². The van der Waals surface area contributed by atoms with Gasteiger partial charge in [-0.15, -0.1) is 6.58 Å². The number of rotatable bonds is 7. The van der Waals surface area contributed by atoms with E-state index in [9.17, 15) is 4.79 Å². The maximum Gasteiger partial charge on any atom is 0.410 e. The van der Waals surface area contributed by atoms with Crippen molar-refractivity contribution in [2.45, 2.75) is 83.3 Å². The van der Waals surface area contributed by atoms with Crippen LogP contribution in [0, 0.1) is 0 Å². The van der Waals surface area contributed by atoms with Gasteiger partial charge in [0.1, 0.15) is 6.61 Å². The van der Waals surface area contributed by atoms with Crippen LogP contribution in [0.3, 0.4) is 0 Å². The first-order chi connectivity index (χ1) is 13.2. The number of hydrogen-bond donors (Lipinski definition) is 0. The zero-order valence-electron chi connectivity index (χ0n) is 18.2. The summed E-state index contributed by atoms with van der Waals surface area (Å²) in [6.45, 7) is 16.2. The van der Waals surface area contributed by atoms with Crippen molar-refractivity contribution in [3.63, 3.8) is 0 Å². The van der Waals surface area contributed by atoms with Crippen molar-refractivity contribution >= 4 is 14.4 Å². The summed E-state index contributed by atoms with van der Waals surface area (Å²) in [6.07, 6.45) is 5.43. The molecule has 0 unspecified atom stereocenters. The fourth-order valence-electron chi connectivity index (χ4n) is 3.37. The summed E-state index contributed by atoms with van der Waals surface area (Å²) in [6, 6.07) is 9.87. The smallest absolute Gasteiger partial charge is 0.410 e. The lowest BCUT2D eigenvalue weighted by Crippen LogP contribution is -2.56. The first-order valence-corrected chi connectivity index (χ1v) is 13.3. The van der Waals surface area contributed by atoms with Crippen LogP contribution in [0.2, 0.25) is 18.1 Å². The minimum absolute atomic E-state index is 0.0455. The van der Waals surface area contributed by atoms with Crippen molar-refractivity contribution in [2.24, 2.45) is 0 Å². The fourth-order valence-corrected chi connectivity index (χ4v) is 4.76. The molecule has 0 bridgehead atoms. The SMILES string of the molecule is C=CCC[C@@H]1[C@H](O[Si](C)(C)C(C)(C)C)CCCN1C(=O)OCc1ccccc1. The minimum atomic E-state index is -1.91. The van der Waals surface area contributed by atoms with Crippen LogP contribution >= 0.6 is 0 Å². The highest BCUT2D eigenvalue weighted by molar-refractivity contribution is 6.74. The van der Waals surface area contributed by atoms with Crippen LogP contribution in [-0.4, -0.2) is 38.0 Å². The molecule has 1 saturated heterocycles. The Morgan fingerprint density at radius 1 is 1.29 bits per heavy atom. The van der Waals surface area contributed by atoms with Gasteiger partial charge in [0.05, 0.1) is 12.1 Å². The third-order valence-corrected chi connectivity index (χ3v) is 10.6. The van der Waals surface area contributed by atoms with Crippen molar-refractivity contribution in [3.8, 4) is 0 Å². The summed E-state index contributed by atoms with van der Waals surface area (Å²) in [7, 11) is -1.91. The second kappa shape index (κ2) is 9.75. The quantitative estimate of drug-likeness (QED) is 0.405. The molecular formula is C23H37NO3Si. The number of carbonyl (C=O) groups is 1. The highest BCUT2D eigenvalue weighted by Gasteiger charge is 2.43. The van der Waals surface area contributed by atoms with Crippen LogP contribution in [0.4, 0.5) is 4.79 Å². The van der Waals surface area contributed by atoms with Gasteiger partial charge in [-0.1, -0.05) is 57.2 Å². The minimum Gasteiger partial charge on any atom is -0.445 e. The predicted molar refractivity (Wildman–Crippen MR) is 118 cm³/mol. The molecule has 1 aromatic rings. The van der Waals surface area contributed by atoms with E-state index in [4.69, 9.17) is 9.16 Å². The Labute approximate surface area is 172 Å². The highest BCUT2D eigenvalue weighted by atomic mass is 28.4. The molecule has 1 aliphatic rings. The van der Waals surface area contributed by atoms with Crippen molar-refractivity contribution in [3.05, 3.63) is 48.6 Å². The van der Waals surface area contributed by atoms with Gasteiger partial charge in [0.15, 0.2) is 8.32 Å². The van der Waals surface area contributed by atoms with Gasteiger partial charge in [-0.05, 0) is 49.4 Å². The molecule has 0 saturated carbocycles. The average molecular weight is 404 g/mol. The van der Waals surface area contributed by atoms with Gasteiger partial charge < -0.3 is 14.1 Å². The van der Waals surface area contributed by atoms with Gasteiger partial charge in [0, 0.05) is 6.54 Å². The lowest BCUT2D eigenvalue weighted by atomic mass is 9.95. The molecule has 4 nitrogen and oxygen atoms in total. The van der Waals surface area contributed by atoms with E-state index in [2.05, 4.69) is 40.4 Å². The molecule has 2 atom stereocenters. The first-order valence-electron chi connectivity index (χ1n) is 10.4. The number of carbonyl (C=O) groups excluding carboxylic acids is 1. The number of likely N-dealkylation sites (tertiary alicyclic amines) is 1. The van der Waals surface area contributed by atoms with E-state index < -0.39 is 8.32 Å². The van der Waals surface area contributed by atoms with Crippen molar-refractivity contribution < 1.29 is 14.0 Å².